The van der Waals surface area contributed by atoms with E-state index in [1.807, 2.05) is 0 Å². The molecule has 1 unspecified atom stereocenters. The first-order chi connectivity index (χ1) is 14.8. The van der Waals surface area contributed by atoms with Crippen LogP contribution in [-0.2, 0) is 0 Å². The van der Waals surface area contributed by atoms with Gasteiger partial charge in [-0.1, -0.05) is 30.3 Å². The molecule has 0 radical (unpaired) electrons. The van der Waals surface area contributed by atoms with Crippen molar-refractivity contribution in [3.63, 3.8) is 0 Å². The van der Waals surface area contributed by atoms with Crippen molar-refractivity contribution < 1.29 is 0 Å². The van der Waals surface area contributed by atoms with Crippen LogP contribution >= 0.6 is 0 Å². The van der Waals surface area contributed by atoms with Gasteiger partial charge in [0.1, 0.15) is 0 Å². The third kappa shape index (κ3) is 7.56. The normalized spacial score (nSPS) is 20.8. The van der Waals surface area contributed by atoms with E-state index in [4.69, 9.17) is 4.99 Å². The molecule has 6 nitrogen and oxygen atoms in total. The van der Waals surface area contributed by atoms with Gasteiger partial charge < -0.3 is 20.4 Å². The Morgan fingerprint density at radius 2 is 1.77 bits per heavy atom. The Balaban J connectivity index is 1.49. The molecular formula is C24H42N6. The SMILES string of the molecule is CCNC(=NCC(c1ccccc1)N1CCCC1)NCCCN1CCCN(C)CC1. The van der Waals surface area contributed by atoms with E-state index >= 15 is 0 Å². The first-order valence-electron chi connectivity index (χ1n) is 12.0. The fourth-order valence-corrected chi connectivity index (χ4v) is 4.51. The zero-order valence-electron chi connectivity index (χ0n) is 19.2. The molecule has 2 aliphatic rings. The second kappa shape index (κ2) is 12.9. The van der Waals surface area contributed by atoms with Gasteiger partial charge in [0.05, 0.1) is 12.6 Å². The van der Waals surface area contributed by atoms with Gasteiger partial charge in [0, 0.05) is 26.2 Å². The number of hydrogen-bond acceptors (Lipinski definition) is 4. The molecule has 3 rings (SSSR count). The predicted molar refractivity (Wildman–Crippen MR) is 127 cm³/mol. The maximum absolute atomic E-state index is 4.98. The predicted octanol–water partition coefficient (Wildman–Crippen LogP) is 2.41. The van der Waals surface area contributed by atoms with Crippen LogP contribution in [0.2, 0.25) is 0 Å². The lowest BCUT2D eigenvalue weighted by molar-refractivity contribution is 0.251. The first kappa shape index (κ1) is 23.0. The van der Waals surface area contributed by atoms with Gasteiger partial charge in [-0.2, -0.15) is 0 Å². The molecule has 30 heavy (non-hydrogen) atoms. The first-order valence-corrected chi connectivity index (χ1v) is 12.0. The summed E-state index contributed by atoms with van der Waals surface area (Å²) in [5.74, 6) is 0.952. The van der Waals surface area contributed by atoms with E-state index in [1.54, 1.807) is 0 Å². The molecule has 1 aromatic rings. The zero-order valence-corrected chi connectivity index (χ0v) is 19.2. The highest BCUT2D eigenvalue weighted by atomic mass is 15.2. The van der Waals surface area contributed by atoms with Gasteiger partial charge in [-0.15, -0.1) is 0 Å². The number of guanidine groups is 1. The van der Waals surface area contributed by atoms with Gasteiger partial charge in [0.15, 0.2) is 5.96 Å². The Morgan fingerprint density at radius 3 is 2.53 bits per heavy atom. The molecule has 0 spiro atoms. The Kier molecular flexibility index (Phi) is 9.93. The number of likely N-dealkylation sites (tertiary alicyclic amines) is 1. The fourth-order valence-electron chi connectivity index (χ4n) is 4.51. The van der Waals surface area contributed by atoms with Crippen LogP contribution < -0.4 is 10.6 Å². The number of nitrogens with zero attached hydrogens (tertiary/aromatic N) is 4. The highest BCUT2D eigenvalue weighted by Gasteiger charge is 2.23. The maximum atomic E-state index is 4.98. The van der Waals surface area contributed by atoms with Crippen molar-refractivity contribution in [2.45, 2.75) is 38.6 Å². The molecule has 2 aliphatic heterocycles. The van der Waals surface area contributed by atoms with Crippen molar-refractivity contribution in [3.05, 3.63) is 35.9 Å². The van der Waals surface area contributed by atoms with E-state index in [0.29, 0.717) is 6.04 Å². The van der Waals surface area contributed by atoms with Crippen molar-refractivity contribution in [1.82, 2.24) is 25.3 Å². The Hall–Kier alpha value is -1.63. The van der Waals surface area contributed by atoms with Crippen molar-refractivity contribution in [2.75, 3.05) is 72.5 Å². The third-order valence-corrected chi connectivity index (χ3v) is 6.29. The van der Waals surface area contributed by atoms with Crippen molar-refractivity contribution in [2.24, 2.45) is 4.99 Å². The standard InChI is InChI=1S/C24H42N6/c1-3-25-24(26-13-9-15-29-16-10-14-28(2)19-20-29)27-21-23(30-17-7-8-18-30)22-11-5-4-6-12-22/h4-6,11-12,23H,3,7-10,13-21H2,1-2H3,(H2,25,26,27). The van der Waals surface area contributed by atoms with Crippen LogP contribution in [0, 0.1) is 0 Å². The molecule has 168 valence electrons. The van der Waals surface area contributed by atoms with E-state index < -0.39 is 0 Å². The second-order valence-corrected chi connectivity index (χ2v) is 8.67. The van der Waals surface area contributed by atoms with Gasteiger partial charge >= 0.3 is 0 Å². The second-order valence-electron chi connectivity index (χ2n) is 8.67. The van der Waals surface area contributed by atoms with Gasteiger partial charge in [-0.3, -0.25) is 9.89 Å². The summed E-state index contributed by atoms with van der Waals surface area (Å²) in [5, 5.41) is 7.00. The molecule has 0 bridgehead atoms. The van der Waals surface area contributed by atoms with Crippen LogP contribution in [0.1, 0.15) is 44.2 Å². The molecule has 6 heteroatoms. The third-order valence-electron chi connectivity index (χ3n) is 6.29. The molecule has 2 N–H and O–H groups in total. The minimum Gasteiger partial charge on any atom is -0.357 e. The van der Waals surface area contributed by atoms with Crippen molar-refractivity contribution in [1.29, 1.82) is 0 Å². The molecule has 2 heterocycles. The molecule has 2 saturated heterocycles. The van der Waals surface area contributed by atoms with Gasteiger partial charge in [-0.05, 0) is 77.9 Å². The summed E-state index contributed by atoms with van der Waals surface area (Å²) in [6, 6.07) is 11.3. The number of rotatable bonds is 9. The molecule has 2 fully saturated rings. The van der Waals surface area contributed by atoms with Gasteiger partial charge in [-0.25, -0.2) is 0 Å². The summed E-state index contributed by atoms with van der Waals surface area (Å²) in [6.45, 7) is 13.2. The van der Waals surface area contributed by atoms with Crippen LogP contribution in [0.15, 0.2) is 35.3 Å². The molecular weight excluding hydrogens is 372 g/mol. The monoisotopic (exact) mass is 414 g/mol. The lowest BCUT2D eigenvalue weighted by Gasteiger charge is -2.27. The van der Waals surface area contributed by atoms with Gasteiger partial charge in [0.2, 0.25) is 0 Å². The maximum Gasteiger partial charge on any atom is 0.191 e. The average Bonchev–Trinajstić information content (AvgIpc) is 3.21. The molecule has 1 aromatic carbocycles. The molecule has 0 aromatic heterocycles. The zero-order chi connectivity index (χ0) is 21.0. The number of nitrogens with one attached hydrogen (secondary N) is 2. The number of likely N-dealkylation sites (N-methyl/N-ethyl adjacent to an activating group) is 1. The lowest BCUT2D eigenvalue weighted by atomic mass is 10.1. The Labute approximate surface area is 183 Å². The number of aliphatic imine (C=N–C) groups is 1. The van der Waals surface area contributed by atoms with E-state index in [9.17, 15) is 0 Å². The highest BCUT2D eigenvalue weighted by Crippen LogP contribution is 2.25. The summed E-state index contributed by atoms with van der Waals surface area (Å²) in [5.41, 5.74) is 1.38. The molecule has 0 saturated carbocycles. The summed E-state index contributed by atoms with van der Waals surface area (Å²) in [7, 11) is 2.23. The van der Waals surface area contributed by atoms with Gasteiger partial charge in [0.25, 0.3) is 0 Å². The van der Waals surface area contributed by atoms with E-state index in [1.165, 1.54) is 70.6 Å². The Morgan fingerprint density at radius 1 is 0.967 bits per heavy atom. The van der Waals surface area contributed by atoms with Crippen molar-refractivity contribution in [3.8, 4) is 0 Å². The lowest BCUT2D eigenvalue weighted by Crippen LogP contribution is -2.40. The van der Waals surface area contributed by atoms with Crippen LogP contribution in [0.25, 0.3) is 0 Å². The van der Waals surface area contributed by atoms with Crippen LogP contribution in [0.4, 0.5) is 0 Å². The topological polar surface area (TPSA) is 46.1 Å². The van der Waals surface area contributed by atoms with Crippen LogP contribution in [0.3, 0.4) is 0 Å². The number of benzene rings is 1. The van der Waals surface area contributed by atoms with E-state index in [0.717, 1.165) is 32.0 Å². The van der Waals surface area contributed by atoms with Crippen LogP contribution in [-0.4, -0.2) is 93.2 Å². The summed E-state index contributed by atoms with van der Waals surface area (Å²) in [6.07, 6.45) is 5.04. The average molecular weight is 415 g/mol. The van der Waals surface area contributed by atoms with Crippen LogP contribution in [0.5, 0.6) is 0 Å². The fraction of sp³-hybridized carbons (Fsp3) is 0.708. The number of hydrogen-bond donors (Lipinski definition) is 2. The summed E-state index contributed by atoms with van der Waals surface area (Å²) >= 11 is 0. The minimum absolute atomic E-state index is 0.373. The minimum atomic E-state index is 0.373. The summed E-state index contributed by atoms with van der Waals surface area (Å²) < 4.78 is 0. The Bertz CT molecular complexity index is 613. The molecule has 1 atom stereocenters. The smallest absolute Gasteiger partial charge is 0.191 e. The largest absolute Gasteiger partial charge is 0.357 e. The van der Waals surface area contributed by atoms with Crippen molar-refractivity contribution >= 4 is 5.96 Å². The summed E-state index contributed by atoms with van der Waals surface area (Å²) in [4.78, 5) is 12.6. The molecule has 0 aliphatic carbocycles. The molecule has 0 amide bonds. The van der Waals surface area contributed by atoms with E-state index in [-0.39, 0.29) is 0 Å². The highest BCUT2D eigenvalue weighted by molar-refractivity contribution is 5.79. The quantitative estimate of drug-likeness (QED) is 0.369. The van der Waals surface area contributed by atoms with E-state index in [2.05, 4.69) is 69.6 Å².